The van der Waals surface area contributed by atoms with Gasteiger partial charge in [0.15, 0.2) is 0 Å². The lowest BCUT2D eigenvalue weighted by molar-refractivity contribution is -0.122. The second-order valence-corrected chi connectivity index (χ2v) is 3.37. The maximum Gasteiger partial charge on any atom is 0.250 e. The van der Waals surface area contributed by atoms with Crippen LogP contribution in [0.3, 0.4) is 0 Å². The second kappa shape index (κ2) is 5.64. The van der Waals surface area contributed by atoms with E-state index in [4.69, 9.17) is 5.73 Å². The lowest BCUT2D eigenvalue weighted by Crippen LogP contribution is -2.31. The molecule has 0 aliphatic heterocycles. The third-order valence-electron chi connectivity index (χ3n) is 1.96. The summed E-state index contributed by atoms with van der Waals surface area (Å²) in [4.78, 5) is 33.1. The van der Waals surface area contributed by atoms with E-state index in [0.717, 1.165) is 0 Å². The van der Waals surface area contributed by atoms with Crippen LogP contribution in [0.4, 0.5) is 5.69 Å². The van der Waals surface area contributed by atoms with Crippen molar-refractivity contribution in [2.24, 2.45) is 5.73 Å². The quantitative estimate of drug-likeness (QED) is 0.677. The number of rotatable bonds is 4. The number of benzene rings is 1. The van der Waals surface area contributed by atoms with Crippen LogP contribution in [0.5, 0.6) is 0 Å². The highest BCUT2D eigenvalue weighted by Gasteiger charge is 2.09. The summed E-state index contributed by atoms with van der Waals surface area (Å²) in [6.45, 7) is 1.16. The fourth-order valence-corrected chi connectivity index (χ4v) is 1.21. The molecule has 0 heterocycles. The van der Waals surface area contributed by atoms with Crippen LogP contribution in [-0.4, -0.2) is 24.3 Å². The van der Waals surface area contributed by atoms with Gasteiger partial charge in [0.05, 0.1) is 17.8 Å². The molecule has 1 aromatic carbocycles. The van der Waals surface area contributed by atoms with Crippen molar-refractivity contribution in [2.75, 3.05) is 11.9 Å². The van der Waals surface area contributed by atoms with Crippen molar-refractivity contribution >= 4 is 23.4 Å². The van der Waals surface area contributed by atoms with Crippen molar-refractivity contribution < 1.29 is 14.4 Å². The van der Waals surface area contributed by atoms with E-state index in [9.17, 15) is 14.4 Å². The first kappa shape index (κ1) is 12.7. The van der Waals surface area contributed by atoms with Crippen molar-refractivity contribution in [3.63, 3.8) is 0 Å². The van der Waals surface area contributed by atoms with E-state index in [0.29, 0.717) is 5.69 Å². The number of hydrogen-bond donors (Lipinski definition) is 3. The molecule has 0 spiro atoms. The fraction of sp³-hybridized carbons (Fsp3) is 0.182. The fourth-order valence-electron chi connectivity index (χ4n) is 1.21. The SMILES string of the molecule is CC(=O)NCC(=O)Nc1ccccc1C(N)=O. The smallest absolute Gasteiger partial charge is 0.250 e. The Morgan fingerprint density at radius 3 is 2.47 bits per heavy atom. The lowest BCUT2D eigenvalue weighted by atomic mass is 10.1. The minimum absolute atomic E-state index is 0.150. The topological polar surface area (TPSA) is 101 Å². The van der Waals surface area contributed by atoms with Gasteiger partial charge in [0, 0.05) is 6.92 Å². The van der Waals surface area contributed by atoms with Gasteiger partial charge >= 0.3 is 0 Å². The van der Waals surface area contributed by atoms with Crippen molar-refractivity contribution in [1.82, 2.24) is 5.32 Å². The van der Waals surface area contributed by atoms with Crippen molar-refractivity contribution in [3.8, 4) is 0 Å². The molecular formula is C11H13N3O3. The van der Waals surface area contributed by atoms with Gasteiger partial charge in [-0.3, -0.25) is 14.4 Å². The van der Waals surface area contributed by atoms with E-state index in [1.165, 1.54) is 13.0 Å². The van der Waals surface area contributed by atoms with Gasteiger partial charge < -0.3 is 16.4 Å². The highest BCUT2D eigenvalue weighted by atomic mass is 16.2. The standard InChI is InChI=1S/C11H13N3O3/c1-7(15)13-6-10(16)14-9-5-3-2-4-8(9)11(12)17/h2-5H,6H2,1H3,(H2,12,17)(H,13,15)(H,14,16). The summed E-state index contributed by atoms with van der Waals surface area (Å²) in [5, 5.41) is 4.84. The normalized spacial score (nSPS) is 9.47. The number of carbonyl (C=O) groups is 3. The first-order valence-corrected chi connectivity index (χ1v) is 4.94. The summed E-state index contributed by atoms with van der Waals surface area (Å²) in [6.07, 6.45) is 0. The number of anilines is 1. The van der Waals surface area contributed by atoms with Crippen LogP contribution >= 0.6 is 0 Å². The van der Waals surface area contributed by atoms with E-state index in [1.54, 1.807) is 18.2 Å². The van der Waals surface area contributed by atoms with Crippen LogP contribution in [-0.2, 0) is 9.59 Å². The van der Waals surface area contributed by atoms with Gasteiger partial charge in [0.2, 0.25) is 11.8 Å². The Labute approximate surface area is 98.2 Å². The monoisotopic (exact) mass is 235 g/mol. The number of hydrogen-bond acceptors (Lipinski definition) is 3. The van der Waals surface area contributed by atoms with Crippen LogP contribution < -0.4 is 16.4 Å². The first-order chi connectivity index (χ1) is 8.00. The molecule has 4 N–H and O–H groups in total. The summed E-state index contributed by atoms with van der Waals surface area (Å²) >= 11 is 0. The van der Waals surface area contributed by atoms with Crippen LogP contribution in [0.2, 0.25) is 0 Å². The molecule has 0 fully saturated rings. The molecule has 0 bridgehead atoms. The van der Waals surface area contributed by atoms with E-state index in [2.05, 4.69) is 10.6 Å². The molecule has 0 atom stereocenters. The van der Waals surface area contributed by atoms with Crippen LogP contribution in [0, 0.1) is 0 Å². The van der Waals surface area contributed by atoms with Gasteiger partial charge in [-0.1, -0.05) is 12.1 Å². The zero-order valence-corrected chi connectivity index (χ0v) is 9.32. The predicted molar refractivity (Wildman–Crippen MR) is 62.3 cm³/mol. The minimum atomic E-state index is -0.625. The van der Waals surface area contributed by atoms with Crippen molar-refractivity contribution in [1.29, 1.82) is 0 Å². The average Bonchev–Trinajstić information content (AvgIpc) is 2.27. The molecule has 0 aromatic heterocycles. The Morgan fingerprint density at radius 2 is 1.88 bits per heavy atom. The Bertz CT molecular complexity index is 457. The molecule has 6 nitrogen and oxygen atoms in total. The van der Waals surface area contributed by atoms with E-state index >= 15 is 0 Å². The summed E-state index contributed by atoms with van der Waals surface area (Å²) in [5.74, 6) is -1.35. The number of nitrogens with one attached hydrogen (secondary N) is 2. The minimum Gasteiger partial charge on any atom is -0.366 e. The maximum absolute atomic E-state index is 11.4. The first-order valence-electron chi connectivity index (χ1n) is 4.94. The van der Waals surface area contributed by atoms with Gasteiger partial charge in [-0.25, -0.2) is 0 Å². The Morgan fingerprint density at radius 1 is 1.24 bits per heavy atom. The summed E-state index contributed by atoms with van der Waals surface area (Å²) in [7, 11) is 0. The summed E-state index contributed by atoms with van der Waals surface area (Å²) < 4.78 is 0. The molecule has 90 valence electrons. The molecule has 6 heteroatoms. The van der Waals surface area contributed by atoms with Crippen molar-refractivity contribution in [2.45, 2.75) is 6.92 Å². The van der Waals surface area contributed by atoms with E-state index in [1.807, 2.05) is 0 Å². The predicted octanol–water partition coefficient (Wildman–Crippen LogP) is -0.140. The average molecular weight is 235 g/mol. The van der Waals surface area contributed by atoms with Crippen LogP contribution in [0.1, 0.15) is 17.3 Å². The Balaban J connectivity index is 2.71. The van der Waals surface area contributed by atoms with Gasteiger partial charge in [0.25, 0.3) is 5.91 Å². The molecule has 0 radical (unpaired) electrons. The third kappa shape index (κ3) is 3.94. The molecule has 3 amide bonds. The van der Waals surface area contributed by atoms with Gasteiger partial charge in [-0.2, -0.15) is 0 Å². The summed E-state index contributed by atoms with van der Waals surface area (Å²) in [6, 6.07) is 6.38. The Kier molecular flexibility index (Phi) is 4.21. The molecule has 0 saturated carbocycles. The maximum atomic E-state index is 11.4. The number of carbonyl (C=O) groups excluding carboxylic acids is 3. The third-order valence-corrected chi connectivity index (χ3v) is 1.96. The van der Waals surface area contributed by atoms with Crippen LogP contribution in [0.15, 0.2) is 24.3 Å². The van der Waals surface area contributed by atoms with Gasteiger partial charge in [-0.15, -0.1) is 0 Å². The summed E-state index contributed by atoms with van der Waals surface area (Å²) in [5.41, 5.74) is 5.71. The molecule has 1 aromatic rings. The van der Waals surface area contributed by atoms with E-state index < -0.39 is 11.8 Å². The molecular weight excluding hydrogens is 222 g/mol. The number of para-hydroxylation sites is 1. The molecule has 0 aliphatic rings. The zero-order chi connectivity index (χ0) is 12.8. The molecule has 17 heavy (non-hydrogen) atoms. The number of primary amides is 1. The highest BCUT2D eigenvalue weighted by molar-refractivity contribution is 6.03. The van der Waals surface area contributed by atoms with E-state index in [-0.39, 0.29) is 18.0 Å². The Hall–Kier alpha value is -2.37. The zero-order valence-electron chi connectivity index (χ0n) is 9.32. The molecule has 1 rings (SSSR count). The van der Waals surface area contributed by atoms with Crippen LogP contribution in [0.25, 0.3) is 0 Å². The van der Waals surface area contributed by atoms with Gasteiger partial charge in [0.1, 0.15) is 0 Å². The highest BCUT2D eigenvalue weighted by Crippen LogP contribution is 2.13. The molecule has 0 aliphatic carbocycles. The van der Waals surface area contributed by atoms with Crippen molar-refractivity contribution in [3.05, 3.63) is 29.8 Å². The molecule has 0 unspecified atom stereocenters. The lowest BCUT2D eigenvalue weighted by Gasteiger charge is -2.08. The van der Waals surface area contributed by atoms with Gasteiger partial charge in [-0.05, 0) is 12.1 Å². The number of nitrogens with two attached hydrogens (primary N) is 1. The second-order valence-electron chi connectivity index (χ2n) is 3.37. The number of amides is 3. The largest absolute Gasteiger partial charge is 0.366 e. The molecule has 0 saturated heterocycles.